The summed E-state index contributed by atoms with van der Waals surface area (Å²) < 4.78 is 25.6. The van der Waals surface area contributed by atoms with Gasteiger partial charge < -0.3 is 0 Å². The molecule has 0 aliphatic heterocycles. The number of rotatable bonds is 4. The van der Waals surface area contributed by atoms with Crippen LogP contribution in [0.15, 0.2) is 17.0 Å². The first-order valence-electron chi connectivity index (χ1n) is 5.18. The van der Waals surface area contributed by atoms with Gasteiger partial charge in [-0.25, -0.2) is 13.1 Å². The molecular weight excluding hydrogens is 297 g/mol. The second-order valence-corrected chi connectivity index (χ2v) is 6.60. The summed E-state index contributed by atoms with van der Waals surface area (Å²) in [5.74, 6) is -0.620. The van der Waals surface area contributed by atoms with Gasteiger partial charge >= 0.3 is 0 Å². The van der Waals surface area contributed by atoms with Crippen LogP contribution >= 0.6 is 23.2 Å². The van der Waals surface area contributed by atoms with Gasteiger partial charge in [0, 0.05) is 5.92 Å². The standard InChI is InChI=1S/C11H13Cl2NO3S/c1-6(2)11(15)9-7(12)4-5-8(10(9)13)18(16,17)14-3/h4-6,14H,1-3H3. The molecule has 0 unspecified atom stereocenters. The van der Waals surface area contributed by atoms with Gasteiger partial charge in [-0.05, 0) is 19.2 Å². The van der Waals surface area contributed by atoms with Gasteiger partial charge in [0.2, 0.25) is 10.0 Å². The molecule has 1 N–H and O–H groups in total. The van der Waals surface area contributed by atoms with Gasteiger partial charge in [0.1, 0.15) is 4.90 Å². The maximum Gasteiger partial charge on any atom is 0.241 e. The summed E-state index contributed by atoms with van der Waals surface area (Å²) in [7, 11) is -2.45. The molecule has 4 nitrogen and oxygen atoms in total. The number of hydrogen-bond donors (Lipinski definition) is 1. The summed E-state index contributed by atoms with van der Waals surface area (Å²) in [6.07, 6.45) is 0. The van der Waals surface area contributed by atoms with Crippen LogP contribution in [-0.2, 0) is 10.0 Å². The number of Topliss-reactive ketones (excluding diaryl/α,β-unsaturated/α-hetero) is 1. The molecule has 0 aliphatic carbocycles. The van der Waals surface area contributed by atoms with Crippen LogP contribution in [0.3, 0.4) is 0 Å². The molecule has 1 rings (SSSR count). The minimum absolute atomic E-state index is 0.0460. The van der Waals surface area contributed by atoms with E-state index >= 15 is 0 Å². The Bertz CT molecular complexity index is 582. The minimum Gasteiger partial charge on any atom is -0.294 e. The van der Waals surface area contributed by atoms with Crippen molar-refractivity contribution in [3.05, 3.63) is 27.7 Å². The van der Waals surface area contributed by atoms with Crippen LogP contribution in [0.5, 0.6) is 0 Å². The minimum atomic E-state index is -3.72. The lowest BCUT2D eigenvalue weighted by molar-refractivity contribution is 0.0939. The van der Waals surface area contributed by atoms with Crippen molar-refractivity contribution < 1.29 is 13.2 Å². The third-order valence-electron chi connectivity index (χ3n) is 2.38. The zero-order valence-corrected chi connectivity index (χ0v) is 12.4. The van der Waals surface area contributed by atoms with Gasteiger partial charge in [-0.15, -0.1) is 0 Å². The highest BCUT2D eigenvalue weighted by Gasteiger charge is 2.25. The summed E-state index contributed by atoms with van der Waals surface area (Å²) in [6.45, 7) is 3.38. The summed E-state index contributed by atoms with van der Waals surface area (Å²) in [4.78, 5) is 11.8. The van der Waals surface area contributed by atoms with Gasteiger partial charge in [-0.1, -0.05) is 37.0 Å². The summed E-state index contributed by atoms with van der Waals surface area (Å²) in [5, 5.41) is 0.00398. The predicted molar refractivity (Wildman–Crippen MR) is 71.9 cm³/mol. The Morgan fingerprint density at radius 3 is 2.28 bits per heavy atom. The van der Waals surface area contributed by atoms with Crippen molar-refractivity contribution in [2.75, 3.05) is 7.05 Å². The van der Waals surface area contributed by atoms with Crippen LogP contribution in [-0.4, -0.2) is 21.2 Å². The lowest BCUT2D eigenvalue weighted by Crippen LogP contribution is -2.20. The van der Waals surface area contributed by atoms with Gasteiger partial charge in [0.05, 0.1) is 15.6 Å². The Kier molecular flexibility index (Phi) is 4.78. The van der Waals surface area contributed by atoms with E-state index in [0.717, 1.165) is 0 Å². The van der Waals surface area contributed by atoms with Gasteiger partial charge in [0.15, 0.2) is 5.78 Å². The van der Waals surface area contributed by atoms with Crippen molar-refractivity contribution in [2.45, 2.75) is 18.7 Å². The Morgan fingerprint density at radius 2 is 1.83 bits per heavy atom. The Hall–Kier alpha value is -0.620. The fourth-order valence-corrected chi connectivity index (χ4v) is 3.03. The molecule has 1 aromatic rings. The first-order chi connectivity index (χ1) is 8.22. The average Bonchev–Trinajstić information content (AvgIpc) is 2.28. The van der Waals surface area contributed by atoms with Crippen molar-refractivity contribution in [3.8, 4) is 0 Å². The zero-order chi connectivity index (χ0) is 14.1. The maximum atomic E-state index is 12.0. The van der Waals surface area contributed by atoms with E-state index < -0.39 is 10.0 Å². The van der Waals surface area contributed by atoms with Crippen molar-refractivity contribution >= 4 is 39.0 Å². The number of nitrogens with one attached hydrogen (secondary N) is 1. The third-order valence-corrected chi connectivity index (χ3v) is 4.66. The number of ketones is 1. The molecule has 0 heterocycles. The van der Waals surface area contributed by atoms with Crippen LogP contribution in [0, 0.1) is 5.92 Å². The van der Waals surface area contributed by atoms with Crippen LogP contribution in [0.25, 0.3) is 0 Å². The molecule has 0 spiro atoms. The fourth-order valence-electron chi connectivity index (χ4n) is 1.37. The molecule has 0 atom stereocenters. The van der Waals surface area contributed by atoms with E-state index in [-0.39, 0.29) is 32.2 Å². The van der Waals surface area contributed by atoms with E-state index in [9.17, 15) is 13.2 Å². The van der Waals surface area contributed by atoms with Crippen molar-refractivity contribution in [2.24, 2.45) is 5.92 Å². The van der Waals surface area contributed by atoms with Crippen LogP contribution in [0.2, 0.25) is 10.0 Å². The summed E-state index contributed by atoms with van der Waals surface area (Å²) in [5.41, 5.74) is 0.0460. The van der Waals surface area contributed by atoms with E-state index in [1.807, 2.05) is 0 Å². The molecule has 0 radical (unpaired) electrons. The third kappa shape index (κ3) is 2.85. The highest BCUT2D eigenvalue weighted by Crippen LogP contribution is 2.32. The second kappa shape index (κ2) is 5.57. The normalized spacial score (nSPS) is 11.9. The lowest BCUT2D eigenvalue weighted by atomic mass is 10.0. The van der Waals surface area contributed by atoms with E-state index in [2.05, 4.69) is 4.72 Å². The largest absolute Gasteiger partial charge is 0.294 e. The number of halogens is 2. The molecule has 0 bridgehead atoms. The number of carbonyl (C=O) groups is 1. The van der Waals surface area contributed by atoms with Gasteiger partial charge in [-0.2, -0.15) is 0 Å². The van der Waals surface area contributed by atoms with Gasteiger partial charge in [-0.3, -0.25) is 4.79 Å². The molecule has 0 aliphatic rings. The molecule has 0 fully saturated rings. The summed E-state index contributed by atoms with van der Waals surface area (Å²) >= 11 is 11.9. The molecule has 0 aromatic heterocycles. The fraction of sp³-hybridized carbons (Fsp3) is 0.364. The average molecular weight is 310 g/mol. The molecule has 0 saturated heterocycles. The molecular formula is C11H13Cl2NO3S. The number of carbonyl (C=O) groups excluding carboxylic acids is 1. The van der Waals surface area contributed by atoms with E-state index in [4.69, 9.17) is 23.2 Å². The maximum absolute atomic E-state index is 12.0. The van der Waals surface area contributed by atoms with E-state index in [0.29, 0.717) is 0 Å². The van der Waals surface area contributed by atoms with E-state index in [1.54, 1.807) is 13.8 Å². The second-order valence-electron chi connectivity index (χ2n) is 3.96. The molecule has 7 heteroatoms. The van der Waals surface area contributed by atoms with Crippen molar-refractivity contribution in [1.29, 1.82) is 0 Å². The molecule has 0 saturated carbocycles. The van der Waals surface area contributed by atoms with Crippen molar-refractivity contribution in [3.63, 3.8) is 0 Å². The SMILES string of the molecule is CNS(=O)(=O)c1ccc(Cl)c(C(=O)C(C)C)c1Cl. The first-order valence-corrected chi connectivity index (χ1v) is 7.42. The molecule has 18 heavy (non-hydrogen) atoms. The number of benzene rings is 1. The quantitative estimate of drug-likeness (QED) is 0.870. The van der Waals surface area contributed by atoms with Crippen molar-refractivity contribution in [1.82, 2.24) is 4.72 Å². The van der Waals surface area contributed by atoms with E-state index in [1.165, 1.54) is 19.2 Å². The topological polar surface area (TPSA) is 63.2 Å². The highest BCUT2D eigenvalue weighted by molar-refractivity contribution is 7.89. The Balaban J connectivity index is 3.56. The number of hydrogen-bond acceptors (Lipinski definition) is 3. The summed E-state index contributed by atoms with van der Waals surface area (Å²) in [6, 6.07) is 2.63. The Labute approximate surface area is 116 Å². The monoisotopic (exact) mass is 309 g/mol. The molecule has 0 amide bonds. The van der Waals surface area contributed by atoms with Crippen LogP contribution in [0.1, 0.15) is 24.2 Å². The Morgan fingerprint density at radius 1 is 1.28 bits per heavy atom. The zero-order valence-electron chi connectivity index (χ0n) is 10.1. The van der Waals surface area contributed by atoms with Crippen LogP contribution in [0.4, 0.5) is 0 Å². The smallest absolute Gasteiger partial charge is 0.241 e. The molecule has 100 valence electrons. The predicted octanol–water partition coefficient (Wildman–Crippen LogP) is 2.74. The lowest BCUT2D eigenvalue weighted by Gasteiger charge is -2.12. The highest BCUT2D eigenvalue weighted by atomic mass is 35.5. The van der Waals surface area contributed by atoms with Gasteiger partial charge in [0.25, 0.3) is 0 Å². The number of sulfonamides is 1. The van der Waals surface area contributed by atoms with Crippen LogP contribution < -0.4 is 4.72 Å². The molecule has 1 aromatic carbocycles. The first kappa shape index (κ1) is 15.4.